The molecule has 0 aliphatic rings. The van der Waals surface area contributed by atoms with Crippen LogP contribution in [0.25, 0.3) is 0 Å². The van der Waals surface area contributed by atoms with Crippen molar-refractivity contribution in [3.05, 3.63) is 42.0 Å². The van der Waals surface area contributed by atoms with Gasteiger partial charge >= 0.3 is 5.97 Å². The average Bonchev–Trinajstić information content (AvgIpc) is 2.85. The maximum atomic E-state index is 11.5. The number of para-hydroxylation sites is 1. The number of esters is 1. The first-order valence-electron chi connectivity index (χ1n) is 6.30. The number of nitrogen functional groups attached to an aromatic ring is 1. The fourth-order valence-corrected chi connectivity index (χ4v) is 1.95. The summed E-state index contributed by atoms with van der Waals surface area (Å²) in [5.41, 5.74) is 7.46. The summed E-state index contributed by atoms with van der Waals surface area (Å²) in [5, 5.41) is 3.21. The third-order valence-electron chi connectivity index (χ3n) is 3.10. The van der Waals surface area contributed by atoms with E-state index in [2.05, 4.69) is 10.3 Å². The molecule has 6 nitrogen and oxygen atoms in total. The predicted molar refractivity (Wildman–Crippen MR) is 77.6 cm³/mol. The van der Waals surface area contributed by atoms with Gasteiger partial charge in [-0.15, -0.1) is 0 Å². The van der Waals surface area contributed by atoms with Gasteiger partial charge < -0.3 is 20.4 Å². The summed E-state index contributed by atoms with van der Waals surface area (Å²) < 4.78 is 6.66. The van der Waals surface area contributed by atoms with Crippen LogP contribution in [-0.4, -0.2) is 29.2 Å². The van der Waals surface area contributed by atoms with Crippen LogP contribution in [0.4, 0.5) is 11.4 Å². The van der Waals surface area contributed by atoms with Crippen LogP contribution >= 0.6 is 0 Å². The molecule has 2 aromatic rings. The maximum Gasteiger partial charge on any atom is 0.340 e. The summed E-state index contributed by atoms with van der Waals surface area (Å²) in [4.78, 5) is 15.8. The first-order chi connectivity index (χ1) is 9.63. The molecule has 0 radical (unpaired) electrons. The average molecular weight is 274 g/mol. The number of imidazole rings is 1. The third-order valence-corrected chi connectivity index (χ3v) is 3.10. The summed E-state index contributed by atoms with van der Waals surface area (Å²) in [6.45, 7) is 0.680. The molecule has 0 spiro atoms. The minimum absolute atomic E-state index is 0.370. The highest BCUT2D eigenvalue weighted by Crippen LogP contribution is 2.23. The molecule has 3 N–H and O–H groups in total. The number of nitrogens with two attached hydrogens (primary N) is 1. The normalized spacial score (nSPS) is 10.3. The van der Waals surface area contributed by atoms with Crippen molar-refractivity contribution in [2.45, 2.75) is 6.42 Å². The number of methoxy groups -OCH3 is 1. The van der Waals surface area contributed by atoms with Crippen molar-refractivity contribution in [3.63, 3.8) is 0 Å². The Labute approximate surface area is 117 Å². The van der Waals surface area contributed by atoms with Crippen molar-refractivity contribution in [2.24, 2.45) is 7.05 Å². The fraction of sp³-hybridized carbons (Fsp3) is 0.286. The lowest BCUT2D eigenvalue weighted by molar-refractivity contribution is 0.0602. The zero-order valence-electron chi connectivity index (χ0n) is 11.6. The highest BCUT2D eigenvalue weighted by atomic mass is 16.5. The van der Waals surface area contributed by atoms with E-state index in [-0.39, 0.29) is 0 Å². The Morgan fingerprint density at radius 3 is 2.95 bits per heavy atom. The lowest BCUT2D eigenvalue weighted by atomic mass is 10.1. The minimum Gasteiger partial charge on any atom is -0.465 e. The number of nitrogens with zero attached hydrogens (tertiary/aromatic N) is 2. The third kappa shape index (κ3) is 2.90. The quantitative estimate of drug-likeness (QED) is 0.637. The van der Waals surface area contributed by atoms with Gasteiger partial charge in [0.1, 0.15) is 5.82 Å². The molecule has 6 heteroatoms. The van der Waals surface area contributed by atoms with Gasteiger partial charge in [0.05, 0.1) is 24.0 Å². The lowest BCUT2D eigenvalue weighted by Crippen LogP contribution is -2.12. The fourth-order valence-electron chi connectivity index (χ4n) is 1.95. The highest BCUT2D eigenvalue weighted by molar-refractivity contribution is 5.98. The van der Waals surface area contributed by atoms with E-state index in [1.165, 1.54) is 7.11 Å². The standard InChI is InChI=1S/C14H18N4O2/c1-18-9-8-17-12(18)6-7-16-11-5-3-4-10(13(11)15)14(19)20-2/h3-5,8-9,16H,6-7,15H2,1-2H3. The summed E-state index contributed by atoms with van der Waals surface area (Å²) in [5.74, 6) is 0.551. The van der Waals surface area contributed by atoms with Crippen LogP contribution in [0, 0.1) is 0 Å². The number of rotatable bonds is 5. The molecule has 1 heterocycles. The van der Waals surface area contributed by atoms with Gasteiger partial charge in [0.15, 0.2) is 0 Å². The van der Waals surface area contributed by atoms with Crippen LogP contribution in [0.15, 0.2) is 30.6 Å². The van der Waals surface area contributed by atoms with E-state index < -0.39 is 5.97 Å². The molecule has 0 aliphatic heterocycles. The number of nitrogens with one attached hydrogen (secondary N) is 1. The van der Waals surface area contributed by atoms with E-state index in [9.17, 15) is 4.79 Å². The second-order valence-electron chi connectivity index (χ2n) is 4.39. The van der Waals surface area contributed by atoms with Crippen molar-refractivity contribution in [1.82, 2.24) is 9.55 Å². The van der Waals surface area contributed by atoms with Gasteiger partial charge in [0.25, 0.3) is 0 Å². The Bertz CT molecular complexity index is 607. The number of carbonyl (C=O) groups excluding carboxylic acids is 1. The summed E-state index contributed by atoms with van der Waals surface area (Å²) in [7, 11) is 3.29. The Morgan fingerprint density at radius 2 is 2.30 bits per heavy atom. The van der Waals surface area contributed by atoms with Crippen LogP contribution in [0.2, 0.25) is 0 Å². The SMILES string of the molecule is COC(=O)c1cccc(NCCc2nccn2C)c1N. The van der Waals surface area contributed by atoms with Crippen molar-refractivity contribution >= 4 is 17.3 Å². The first kappa shape index (κ1) is 13.9. The molecule has 0 saturated carbocycles. The van der Waals surface area contributed by atoms with Crippen molar-refractivity contribution in [1.29, 1.82) is 0 Å². The van der Waals surface area contributed by atoms with Gasteiger partial charge in [-0.3, -0.25) is 0 Å². The number of aromatic nitrogens is 2. The Morgan fingerprint density at radius 1 is 1.50 bits per heavy atom. The second kappa shape index (κ2) is 6.10. The maximum absolute atomic E-state index is 11.5. The molecular weight excluding hydrogens is 256 g/mol. The van der Waals surface area contributed by atoms with E-state index >= 15 is 0 Å². The Balaban J connectivity index is 2.03. The van der Waals surface area contributed by atoms with Gasteiger partial charge in [-0.1, -0.05) is 6.07 Å². The highest BCUT2D eigenvalue weighted by Gasteiger charge is 2.12. The molecule has 0 aliphatic carbocycles. The number of aryl methyl sites for hydroxylation is 1. The Kier molecular flexibility index (Phi) is 4.24. The molecule has 1 aromatic carbocycles. The molecule has 0 unspecified atom stereocenters. The van der Waals surface area contributed by atoms with E-state index in [1.807, 2.05) is 23.9 Å². The zero-order chi connectivity index (χ0) is 14.5. The van der Waals surface area contributed by atoms with E-state index in [0.29, 0.717) is 17.8 Å². The number of hydrogen-bond donors (Lipinski definition) is 2. The van der Waals surface area contributed by atoms with Gasteiger partial charge in [-0.2, -0.15) is 0 Å². The van der Waals surface area contributed by atoms with Crippen LogP contribution in [0.5, 0.6) is 0 Å². The summed E-state index contributed by atoms with van der Waals surface area (Å²) in [6.07, 6.45) is 4.44. The van der Waals surface area contributed by atoms with Crippen molar-refractivity contribution in [2.75, 3.05) is 24.7 Å². The molecule has 106 valence electrons. The number of hydrogen-bond acceptors (Lipinski definition) is 5. The number of ether oxygens (including phenoxy) is 1. The van der Waals surface area contributed by atoms with E-state index in [0.717, 1.165) is 17.9 Å². The van der Waals surface area contributed by atoms with Gasteiger partial charge in [-0.05, 0) is 12.1 Å². The van der Waals surface area contributed by atoms with E-state index in [1.54, 1.807) is 18.3 Å². The first-order valence-corrected chi connectivity index (χ1v) is 6.30. The van der Waals surface area contributed by atoms with Crippen LogP contribution in [-0.2, 0) is 18.2 Å². The molecule has 1 aromatic heterocycles. The summed E-state index contributed by atoms with van der Waals surface area (Å²) >= 11 is 0. The molecule has 0 fully saturated rings. The van der Waals surface area contributed by atoms with Crippen LogP contribution in [0.1, 0.15) is 16.2 Å². The second-order valence-corrected chi connectivity index (χ2v) is 4.39. The topological polar surface area (TPSA) is 82.2 Å². The number of carbonyl (C=O) groups is 1. The van der Waals surface area contributed by atoms with Gasteiger partial charge in [0, 0.05) is 32.4 Å². The lowest BCUT2D eigenvalue weighted by Gasteiger charge is -2.11. The molecule has 0 amide bonds. The van der Waals surface area contributed by atoms with Crippen LogP contribution in [0.3, 0.4) is 0 Å². The molecule has 0 saturated heterocycles. The zero-order valence-corrected chi connectivity index (χ0v) is 11.6. The molecular formula is C14H18N4O2. The Hall–Kier alpha value is -2.50. The smallest absolute Gasteiger partial charge is 0.340 e. The van der Waals surface area contributed by atoms with E-state index in [4.69, 9.17) is 10.5 Å². The number of anilines is 2. The number of benzene rings is 1. The molecule has 2 rings (SSSR count). The molecule has 0 bridgehead atoms. The monoisotopic (exact) mass is 274 g/mol. The minimum atomic E-state index is -0.435. The largest absolute Gasteiger partial charge is 0.465 e. The predicted octanol–water partition coefficient (Wildman–Crippen LogP) is 1.44. The van der Waals surface area contributed by atoms with Crippen molar-refractivity contribution in [3.8, 4) is 0 Å². The van der Waals surface area contributed by atoms with Gasteiger partial charge in [0.2, 0.25) is 0 Å². The summed E-state index contributed by atoms with van der Waals surface area (Å²) in [6, 6.07) is 5.25. The van der Waals surface area contributed by atoms with Crippen LogP contribution < -0.4 is 11.1 Å². The molecule has 20 heavy (non-hydrogen) atoms. The van der Waals surface area contributed by atoms with Crippen molar-refractivity contribution < 1.29 is 9.53 Å². The molecule has 0 atom stereocenters. The van der Waals surface area contributed by atoms with Gasteiger partial charge in [-0.25, -0.2) is 9.78 Å².